The van der Waals surface area contributed by atoms with E-state index in [0.717, 1.165) is 5.69 Å². The molecule has 0 amide bonds. The predicted octanol–water partition coefficient (Wildman–Crippen LogP) is -0.623. The fourth-order valence-electron chi connectivity index (χ4n) is 1.11. The van der Waals surface area contributed by atoms with Gasteiger partial charge in [-0.2, -0.15) is 0 Å². The molecule has 1 rings (SSSR count). The van der Waals surface area contributed by atoms with Crippen molar-refractivity contribution in [3.63, 3.8) is 0 Å². The van der Waals surface area contributed by atoms with Crippen molar-refractivity contribution >= 4 is 0 Å². The second kappa shape index (κ2) is 3.64. The van der Waals surface area contributed by atoms with Gasteiger partial charge in [0, 0.05) is 19.8 Å². The van der Waals surface area contributed by atoms with Crippen LogP contribution in [0.25, 0.3) is 0 Å². The minimum absolute atomic E-state index is 0.165. The number of hydrogen-bond donors (Lipinski definition) is 1. The van der Waals surface area contributed by atoms with E-state index in [2.05, 4.69) is 10.3 Å². The van der Waals surface area contributed by atoms with Crippen molar-refractivity contribution in [2.45, 2.75) is 6.04 Å². The second-order valence-electron chi connectivity index (χ2n) is 3.03. The van der Waals surface area contributed by atoms with Crippen LogP contribution in [0.1, 0.15) is 11.7 Å². The zero-order valence-electron chi connectivity index (χ0n) is 7.73. The fraction of sp³-hybridized carbons (Fsp3) is 0.714. The summed E-state index contributed by atoms with van der Waals surface area (Å²) in [5.41, 5.74) is 6.52. The Balaban J connectivity index is 2.80. The van der Waals surface area contributed by atoms with E-state index in [9.17, 15) is 0 Å². The topological polar surface area (TPSA) is 60.0 Å². The number of aryl methyl sites for hydroxylation is 1. The van der Waals surface area contributed by atoms with Gasteiger partial charge >= 0.3 is 0 Å². The van der Waals surface area contributed by atoms with Gasteiger partial charge in [-0.1, -0.05) is 5.21 Å². The van der Waals surface area contributed by atoms with Crippen LogP contribution >= 0.6 is 0 Å². The van der Waals surface area contributed by atoms with Crippen molar-refractivity contribution in [3.05, 3.63) is 11.9 Å². The summed E-state index contributed by atoms with van der Waals surface area (Å²) in [6.07, 6.45) is 1.89. The Morgan fingerprint density at radius 3 is 2.67 bits per heavy atom. The molecule has 0 saturated heterocycles. The third-order valence-corrected chi connectivity index (χ3v) is 1.81. The van der Waals surface area contributed by atoms with E-state index < -0.39 is 0 Å². The molecule has 68 valence electrons. The van der Waals surface area contributed by atoms with Crippen LogP contribution in [0, 0.1) is 0 Å². The minimum atomic E-state index is 0.165. The fourth-order valence-corrected chi connectivity index (χ4v) is 1.11. The Morgan fingerprint density at radius 2 is 2.33 bits per heavy atom. The first-order valence-electron chi connectivity index (χ1n) is 3.88. The van der Waals surface area contributed by atoms with Gasteiger partial charge < -0.3 is 5.73 Å². The smallest absolute Gasteiger partial charge is 0.101 e. The molecule has 5 heteroatoms. The number of nitrogens with two attached hydrogens (primary N) is 1. The first-order chi connectivity index (χ1) is 5.65. The lowest BCUT2D eigenvalue weighted by Gasteiger charge is -2.19. The molecule has 0 aliphatic carbocycles. The molecular weight excluding hydrogens is 154 g/mol. The quantitative estimate of drug-likeness (QED) is 0.655. The lowest BCUT2D eigenvalue weighted by Crippen LogP contribution is -2.27. The Labute approximate surface area is 72.2 Å². The van der Waals surface area contributed by atoms with Crippen molar-refractivity contribution in [1.29, 1.82) is 0 Å². The highest BCUT2D eigenvalue weighted by Gasteiger charge is 2.14. The summed E-state index contributed by atoms with van der Waals surface area (Å²) in [6.45, 7) is 0.561. The monoisotopic (exact) mass is 169 g/mol. The molecule has 0 bridgehead atoms. The van der Waals surface area contributed by atoms with E-state index >= 15 is 0 Å². The SMILES string of the molecule is CN(C)C(CN)c1cn(C)nn1. The number of rotatable bonds is 3. The predicted molar refractivity (Wildman–Crippen MR) is 46.5 cm³/mol. The molecule has 1 aromatic rings. The standard InChI is InChI=1S/C7H15N5/c1-11(2)7(4-8)6-5-12(3)10-9-6/h5,7H,4,8H2,1-3H3. The molecule has 1 unspecified atom stereocenters. The average Bonchev–Trinajstić information content (AvgIpc) is 2.37. The Bertz CT molecular complexity index is 242. The van der Waals surface area contributed by atoms with Gasteiger partial charge in [0.25, 0.3) is 0 Å². The maximum Gasteiger partial charge on any atom is 0.101 e. The highest BCUT2D eigenvalue weighted by Crippen LogP contribution is 2.12. The second-order valence-corrected chi connectivity index (χ2v) is 3.03. The molecule has 12 heavy (non-hydrogen) atoms. The number of hydrogen-bond acceptors (Lipinski definition) is 4. The van der Waals surface area contributed by atoms with Gasteiger partial charge in [0.05, 0.1) is 6.04 Å². The first kappa shape index (κ1) is 9.15. The van der Waals surface area contributed by atoms with Gasteiger partial charge in [-0.15, -0.1) is 5.10 Å². The molecule has 1 aromatic heterocycles. The first-order valence-corrected chi connectivity index (χ1v) is 3.88. The van der Waals surface area contributed by atoms with Gasteiger partial charge in [-0.3, -0.25) is 9.58 Å². The largest absolute Gasteiger partial charge is 0.329 e. The van der Waals surface area contributed by atoms with E-state index in [1.54, 1.807) is 4.68 Å². The summed E-state index contributed by atoms with van der Waals surface area (Å²) >= 11 is 0. The minimum Gasteiger partial charge on any atom is -0.329 e. The van der Waals surface area contributed by atoms with Crippen molar-refractivity contribution in [3.8, 4) is 0 Å². The molecule has 0 aromatic carbocycles. The molecule has 0 fully saturated rings. The maximum absolute atomic E-state index is 5.60. The lowest BCUT2D eigenvalue weighted by molar-refractivity contribution is 0.300. The molecular formula is C7H15N5. The van der Waals surface area contributed by atoms with Crippen molar-refractivity contribution in [2.24, 2.45) is 12.8 Å². The summed E-state index contributed by atoms with van der Waals surface area (Å²) in [5, 5.41) is 7.85. The molecule has 0 saturated carbocycles. The Hall–Kier alpha value is -0.940. The molecule has 0 aliphatic heterocycles. The van der Waals surface area contributed by atoms with Crippen molar-refractivity contribution in [1.82, 2.24) is 19.9 Å². The van der Waals surface area contributed by atoms with Gasteiger partial charge in [0.1, 0.15) is 5.69 Å². The summed E-state index contributed by atoms with van der Waals surface area (Å²) in [6, 6.07) is 0.165. The third-order valence-electron chi connectivity index (χ3n) is 1.81. The van der Waals surface area contributed by atoms with Gasteiger partial charge in [0.15, 0.2) is 0 Å². The number of likely N-dealkylation sites (N-methyl/N-ethyl adjacent to an activating group) is 1. The van der Waals surface area contributed by atoms with Crippen LogP contribution in [0.4, 0.5) is 0 Å². The zero-order chi connectivity index (χ0) is 9.14. The third kappa shape index (κ3) is 1.80. The van der Waals surface area contributed by atoms with Gasteiger partial charge in [-0.25, -0.2) is 0 Å². The Kier molecular flexibility index (Phi) is 2.78. The van der Waals surface area contributed by atoms with Crippen LogP contribution in [0.15, 0.2) is 6.20 Å². The Morgan fingerprint density at radius 1 is 1.67 bits per heavy atom. The van der Waals surface area contributed by atoms with Crippen LogP contribution in [-0.2, 0) is 7.05 Å². The van der Waals surface area contributed by atoms with Crippen LogP contribution in [0.3, 0.4) is 0 Å². The summed E-state index contributed by atoms with van der Waals surface area (Å²) in [7, 11) is 5.80. The number of nitrogens with zero attached hydrogens (tertiary/aromatic N) is 4. The van der Waals surface area contributed by atoms with Crippen LogP contribution in [0.2, 0.25) is 0 Å². The molecule has 0 aliphatic rings. The summed E-state index contributed by atoms with van der Waals surface area (Å²) < 4.78 is 1.68. The number of aromatic nitrogens is 3. The molecule has 0 radical (unpaired) electrons. The summed E-state index contributed by atoms with van der Waals surface area (Å²) in [4.78, 5) is 2.03. The van der Waals surface area contributed by atoms with Crippen molar-refractivity contribution in [2.75, 3.05) is 20.6 Å². The average molecular weight is 169 g/mol. The highest BCUT2D eigenvalue weighted by molar-refractivity contribution is 5.00. The molecule has 0 spiro atoms. The van der Waals surface area contributed by atoms with E-state index in [4.69, 9.17) is 5.73 Å². The summed E-state index contributed by atoms with van der Waals surface area (Å²) in [5.74, 6) is 0. The normalized spacial score (nSPS) is 13.8. The van der Waals surface area contributed by atoms with Crippen molar-refractivity contribution < 1.29 is 0 Å². The van der Waals surface area contributed by atoms with E-state index in [1.807, 2.05) is 32.2 Å². The lowest BCUT2D eigenvalue weighted by atomic mass is 10.2. The molecule has 1 heterocycles. The molecule has 1 atom stereocenters. The molecule has 2 N–H and O–H groups in total. The van der Waals surface area contributed by atoms with E-state index in [-0.39, 0.29) is 6.04 Å². The highest BCUT2D eigenvalue weighted by atomic mass is 15.4. The van der Waals surface area contributed by atoms with Gasteiger partial charge in [-0.05, 0) is 14.1 Å². The van der Waals surface area contributed by atoms with Crippen LogP contribution < -0.4 is 5.73 Å². The molecule has 5 nitrogen and oxygen atoms in total. The maximum atomic E-state index is 5.60. The van der Waals surface area contributed by atoms with Crippen LogP contribution in [-0.4, -0.2) is 40.5 Å². The van der Waals surface area contributed by atoms with E-state index in [0.29, 0.717) is 6.54 Å². The van der Waals surface area contributed by atoms with Crippen LogP contribution in [0.5, 0.6) is 0 Å². The van der Waals surface area contributed by atoms with E-state index in [1.165, 1.54) is 0 Å². The zero-order valence-corrected chi connectivity index (χ0v) is 7.73. The van der Waals surface area contributed by atoms with Gasteiger partial charge in [0.2, 0.25) is 0 Å².